The average molecular weight is 390 g/mol. The molecule has 0 bridgehead atoms. The maximum Gasteiger partial charge on any atom is 0.232 e. The van der Waals surface area contributed by atoms with Crippen molar-refractivity contribution in [1.29, 1.82) is 0 Å². The number of carbonyl (C=O) groups excluding carboxylic acids is 2. The zero-order valence-electron chi connectivity index (χ0n) is 14.5. The first-order valence-corrected chi connectivity index (χ1v) is 10.9. The van der Waals surface area contributed by atoms with Crippen LogP contribution in [0.1, 0.15) is 39.2 Å². The molecule has 0 radical (unpaired) electrons. The monoisotopic (exact) mass is 390 g/mol. The van der Waals surface area contributed by atoms with Gasteiger partial charge in [-0.15, -0.1) is 0 Å². The number of anilines is 2. The van der Waals surface area contributed by atoms with Crippen LogP contribution >= 0.6 is 0 Å². The second-order valence-electron chi connectivity index (χ2n) is 5.47. The van der Waals surface area contributed by atoms with Crippen LogP contribution in [0.3, 0.4) is 0 Å². The van der Waals surface area contributed by atoms with Crippen LogP contribution in [0.2, 0.25) is 0 Å². The van der Waals surface area contributed by atoms with E-state index in [4.69, 9.17) is 0 Å². The summed E-state index contributed by atoms with van der Waals surface area (Å²) < 4.78 is 51.8. The Morgan fingerprint density at radius 3 is 1.84 bits per heavy atom. The fraction of sp³-hybridized carbons (Fsp3) is 0.467. The summed E-state index contributed by atoms with van der Waals surface area (Å²) in [6, 6.07) is 3.99. The Balaban J connectivity index is 3.52. The Labute approximate surface area is 148 Å². The Morgan fingerprint density at radius 2 is 1.40 bits per heavy atom. The normalized spacial score (nSPS) is 12.0. The molecule has 0 aliphatic carbocycles. The highest BCUT2D eigenvalue weighted by Crippen LogP contribution is 2.30. The van der Waals surface area contributed by atoms with Crippen molar-refractivity contribution in [2.45, 2.75) is 33.6 Å². The minimum Gasteiger partial charge on any atom is -0.299 e. The van der Waals surface area contributed by atoms with E-state index >= 15 is 0 Å². The smallest absolute Gasteiger partial charge is 0.232 e. The lowest BCUT2D eigenvalue weighted by molar-refractivity contribution is -0.126. The van der Waals surface area contributed by atoms with Gasteiger partial charge in [-0.25, -0.2) is 16.8 Å². The van der Waals surface area contributed by atoms with Gasteiger partial charge in [0.1, 0.15) is 17.5 Å². The van der Waals surface area contributed by atoms with Gasteiger partial charge in [0.15, 0.2) is 0 Å². The molecule has 0 unspecified atom stereocenters. The third kappa shape index (κ3) is 5.82. The Kier molecular flexibility index (Phi) is 6.72. The molecule has 0 saturated carbocycles. The Bertz CT molecular complexity index is 861. The highest BCUT2D eigenvalue weighted by molar-refractivity contribution is 7.92. The van der Waals surface area contributed by atoms with Crippen LogP contribution in [-0.2, 0) is 29.6 Å². The molecular formula is C15H22N2O6S2. The van der Waals surface area contributed by atoms with Gasteiger partial charge in [0.05, 0.1) is 17.2 Å². The van der Waals surface area contributed by atoms with Gasteiger partial charge in [-0.3, -0.25) is 19.0 Å². The van der Waals surface area contributed by atoms with E-state index in [0.29, 0.717) is 0 Å². The molecule has 8 nitrogen and oxygen atoms in total. The van der Waals surface area contributed by atoms with Gasteiger partial charge >= 0.3 is 0 Å². The van der Waals surface area contributed by atoms with E-state index < -0.39 is 37.5 Å². The van der Waals surface area contributed by atoms with Crippen LogP contribution in [-0.4, -0.2) is 39.9 Å². The van der Waals surface area contributed by atoms with E-state index in [1.54, 1.807) is 0 Å². The first-order valence-electron chi connectivity index (χ1n) is 7.58. The summed E-state index contributed by atoms with van der Waals surface area (Å²) in [4.78, 5) is 23.8. The van der Waals surface area contributed by atoms with Crippen LogP contribution in [0.25, 0.3) is 0 Å². The lowest BCUT2D eigenvalue weighted by Gasteiger charge is -2.18. The SMILES string of the molecule is CCS(=O)(=O)Nc1ccc(NS(=O)(=O)CC)c(C(C(C)=O)C(C)=O)c1. The number of ketones is 2. The number of sulfonamides is 2. The number of hydrogen-bond donors (Lipinski definition) is 2. The van der Waals surface area contributed by atoms with Crippen molar-refractivity contribution in [2.75, 3.05) is 20.9 Å². The van der Waals surface area contributed by atoms with Crippen molar-refractivity contribution < 1.29 is 26.4 Å². The summed E-state index contributed by atoms with van der Waals surface area (Å²) in [6.45, 7) is 5.33. The number of hydrogen-bond acceptors (Lipinski definition) is 6. The number of benzene rings is 1. The third-order valence-corrected chi connectivity index (χ3v) is 6.07. The van der Waals surface area contributed by atoms with Gasteiger partial charge in [0.2, 0.25) is 20.0 Å². The number of nitrogens with one attached hydrogen (secondary N) is 2. The summed E-state index contributed by atoms with van der Waals surface area (Å²) in [5.74, 6) is -2.49. The zero-order valence-corrected chi connectivity index (χ0v) is 16.1. The molecule has 25 heavy (non-hydrogen) atoms. The van der Waals surface area contributed by atoms with E-state index in [0.717, 1.165) is 0 Å². The molecule has 0 heterocycles. The van der Waals surface area contributed by atoms with Crippen molar-refractivity contribution in [1.82, 2.24) is 0 Å². The van der Waals surface area contributed by atoms with E-state index in [9.17, 15) is 26.4 Å². The van der Waals surface area contributed by atoms with Crippen molar-refractivity contribution in [3.05, 3.63) is 23.8 Å². The Morgan fingerprint density at radius 1 is 0.920 bits per heavy atom. The molecule has 2 N–H and O–H groups in total. The quantitative estimate of drug-likeness (QED) is 0.615. The predicted molar refractivity (Wildman–Crippen MR) is 96.7 cm³/mol. The largest absolute Gasteiger partial charge is 0.299 e. The van der Waals surface area contributed by atoms with E-state index in [2.05, 4.69) is 9.44 Å². The van der Waals surface area contributed by atoms with Gasteiger partial charge in [0.25, 0.3) is 0 Å². The molecule has 0 aliphatic rings. The van der Waals surface area contributed by atoms with Gasteiger partial charge in [0, 0.05) is 5.69 Å². The standard InChI is InChI=1S/C15H22N2O6S2/c1-5-24(20,21)16-12-7-8-14(17-25(22,23)6-2)13(9-12)15(10(3)18)11(4)19/h7-9,15-17H,5-6H2,1-4H3. The highest BCUT2D eigenvalue weighted by atomic mass is 32.2. The zero-order chi connectivity index (χ0) is 19.4. The van der Waals surface area contributed by atoms with Gasteiger partial charge in [-0.1, -0.05) is 0 Å². The van der Waals surface area contributed by atoms with Crippen LogP contribution in [0.15, 0.2) is 18.2 Å². The molecule has 0 spiro atoms. The second-order valence-corrected chi connectivity index (χ2v) is 9.49. The van der Waals surface area contributed by atoms with Crippen LogP contribution < -0.4 is 9.44 Å². The first kappa shape index (κ1) is 21.1. The fourth-order valence-corrected chi connectivity index (χ4v) is 3.47. The summed E-state index contributed by atoms with van der Waals surface area (Å²) >= 11 is 0. The van der Waals surface area contributed by atoms with Crippen molar-refractivity contribution in [3.8, 4) is 0 Å². The molecule has 0 fully saturated rings. The molecule has 0 saturated heterocycles. The molecule has 140 valence electrons. The number of carbonyl (C=O) groups is 2. The molecule has 1 rings (SSSR count). The van der Waals surface area contributed by atoms with E-state index in [1.165, 1.54) is 45.9 Å². The number of rotatable bonds is 9. The summed E-state index contributed by atoms with van der Waals surface area (Å²) in [6.07, 6.45) is 0. The number of Topliss-reactive ketones (excluding diaryl/α,β-unsaturated/α-hetero) is 2. The maximum absolute atomic E-state index is 11.9. The molecule has 0 aromatic heterocycles. The fourth-order valence-electron chi connectivity index (χ4n) is 2.17. The topological polar surface area (TPSA) is 126 Å². The van der Waals surface area contributed by atoms with Crippen LogP contribution in [0, 0.1) is 0 Å². The van der Waals surface area contributed by atoms with Crippen molar-refractivity contribution in [2.24, 2.45) is 0 Å². The molecule has 0 aliphatic heterocycles. The minimum atomic E-state index is -3.64. The molecule has 1 aromatic rings. The van der Waals surface area contributed by atoms with Crippen LogP contribution in [0.4, 0.5) is 11.4 Å². The maximum atomic E-state index is 11.9. The molecule has 1 aromatic carbocycles. The predicted octanol–water partition coefficient (Wildman–Crippen LogP) is 1.47. The third-order valence-electron chi connectivity index (χ3n) is 3.47. The van der Waals surface area contributed by atoms with Crippen molar-refractivity contribution in [3.63, 3.8) is 0 Å². The average Bonchev–Trinajstić information content (AvgIpc) is 2.48. The molecule has 0 atom stereocenters. The van der Waals surface area contributed by atoms with E-state index in [1.807, 2.05) is 0 Å². The highest BCUT2D eigenvalue weighted by Gasteiger charge is 2.26. The second kappa shape index (κ2) is 7.96. The van der Waals surface area contributed by atoms with Gasteiger partial charge in [-0.05, 0) is 51.5 Å². The van der Waals surface area contributed by atoms with Crippen LogP contribution in [0.5, 0.6) is 0 Å². The first-order chi connectivity index (χ1) is 11.4. The molecule has 10 heteroatoms. The molecular weight excluding hydrogens is 368 g/mol. The summed E-state index contributed by atoms with van der Waals surface area (Å²) in [5.41, 5.74) is 0.314. The lowest BCUT2D eigenvalue weighted by atomic mass is 9.90. The lowest BCUT2D eigenvalue weighted by Crippen LogP contribution is -2.22. The Hall–Kier alpha value is -1.94. The summed E-state index contributed by atoms with van der Waals surface area (Å²) in [7, 11) is -7.21. The summed E-state index contributed by atoms with van der Waals surface area (Å²) in [5, 5.41) is 0. The van der Waals surface area contributed by atoms with Gasteiger partial charge < -0.3 is 0 Å². The van der Waals surface area contributed by atoms with E-state index in [-0.39, 0.29) is 28.4 Å². The minimum absolute atomic E-state index is 0.0664. The molecule has 0 amide bonds. The van der Waals surface area contributed by atoms with Crippen molar-refractivity contribution >= 4 is 43.0 Å². The van der Waals surface area contributed by atoms with Gasteiger partial charge in [-0.2, -0.15) is 0 Å².